The lowest BCUT2D eigenvalue weighted by Gasteiger charge is -2.09. The van der Waals surface area contributed by atoms with Gasteiger partial charge < -0.3 is 14.5 Å². The van der Waals surface area contributed by atoms with Crippen LogP contribution in [0.5, 0.6) is 5.75 Å². The Labute approximate surface area is 175 Å². The van der Waals surface area contributed by atoms with Gasteiger partial charge in [-0.25, -0.2) is 4.98 Å². The zero-order valence-corrected chi connectivity index (χ0v) is 17.4. The third-order valence-corrected chi connectivity index (χ3v) is 5.12. The molecule has 0 fully saturated rings. The molecule has 5 heteroatoms. The van der Waals surface area contributed by atoms with E-state index in [1.165, 1.54) is 11.1 Å². The molecule has 0 unspecified atom stereocenters. The van der Waals surface area contributed by atoms with E-state index in [-0.39, 0.29) is 12.5 Å². The number of nitrogens with zero attached hydrogens (tertiary/aromatic N) is 1. The molecular formula is C25H24N2O3. The third-order valence-electron chi connectivity index (χ3n) is 5.12. The highest BCUT2D eigenvalue weighted by atomic mass is 16.5. The molecule has 5 nitrogen and oxygen atoms in total. The van der Waals surface area contributed by atoms with E-state index in [9.17, 15) is 4.79 Å². The first kappa shape index (κ1) is 19.7. The lowest BCUT2D eigenvalue weighted by Crippen LogP contribution is -2.20. The monoisotopic (exact) mass is 400 g/mol. The smallest absolute Gasteiger partial charge is 0.262 e. The summed E-state index contributed by atoms with van der Waals surface area (Å²) >= 11 is 0. The number of carbonyl (C=O) groups excluding carboxylic acids is 1. The Morgan fingerprint density at radius 2 is 1.80 bits per heavy atom. The summed E-state index contributed by atoms with van der Waals surface area (Å²) in [7, 11) is 0. The summed E-state index contributed by atoms with van der Waals surface area (Å²) in [6.07, 6.45) is 0.958. The second kappa shape index (κ2) is 8.41. The molecule has 0 saturated carbocycles. The number of ether oxygens (including phenoxy) is 1. The van der Waals surface area contributed by atoms with Crippen molar-refractivity contribution >= 4 is 22.7 Å². The minimum atomic E-state index is -0.213. The molecule has 3 aromatic carbocycles. The van der Waals surface area contributed by atoms with Crippen molar-refractivity contribution in [2.75, 3.05) is 11.9 Å². The predicted molar refractivity (Wildman–Crippen MR) is 119 cm³/mol. The van der Waals surface area contributed by atoms with Crippen LogP contribution in [0.1, 0.15) is 23.6 Å². The molecule has 0 aliphatic heterocycles. The van der Waals surface area contributed by atoms with Gasteiger partial charge >= 0.3 is 0 Å². The normalized spacial score (nSPS) is 10.9. The van der Waals surface area contributed by atoms with Crippen molar-refractivity contribution in [3.63, 3.8) is 0 Å². The Morgan fingerprint density at radius 1 is 1.00 bits per heavy atom. The Balaban J connectivity index is 1.39. The average molecular weight is 400 g/mol. The number of anilines is 1. The number of amides is 1. The number of hydrogen-bond donors (Lipinski definition) is 1. The second-order valence-corrected chi connectivity index (χ2v) is 7.33. The maximum absolute atomic E-state index is 12.2. The van der Waals surface area contributed by atoms with Crippen LogP contribution >= 0.6 is 0 Å². The number of nitrogens with one attached hydrogen (secondary N) is 1. The zero-order chi connectivity index (χ0) is 21.1. The highest BCUT2D eigenvalue weighted by Crippen LogP contribution is 2.26. The van der Waals surface area contributed by atoms with Crippen molar-refractivity contribution in [1.29, 1.82) is 0 Å². The fourth-order valence-corrected chi connectivity index (χ4v) is 3.16. The molecule has 30 heavy (non-hydrogen) atoms. The quantitative estimate of drug-likeness (QED) is 0.451. The number of rotatable bonds is 6. The van der Waals surface area contributed by atoms with Gasteiger partial charge in [0.25, 0.3) is 5.91 Å². The second-order valence-electron chi connectivity index (χ2n) is 7.33. The average Bonchev–Trinajstić information content (AvgIpc) is 3.18. The summed E-state index contributed by atoms with van der Waals surface area (Å²) < 4.78 is 11.4. The van der Waals surface area contributed by atoms with Gasteiger partial charge in [-0.3, -0.25) is 4.79 Å². The van der Waals surface area contributed by atoms with Gasteiger partial charge in [0, 0.05) is 11.3 Å². The van der Waals surface area contributed by atoms with Crippen LogP contribution in [-0.2, 0) is 11.2 Å². The summed E-state index contributed by atoms with van der Waals surface area (Å²) in [5.41, 5.74) is 6.72. The Hall–Kier alpha value is -3.60. The summed E-state index contributed by atoms with van der Waals surface area (Å²) in [6.45, 7) is 6.12. The fraction of sp³-hybridized carbons (Fsp3) is 0.200. The summed E-state index contributed by atoms with van der Waals surface area (Å²) in [6, 6.07) is 19.3. The molecule has 0 aliphatic carbocycles. The number of fused-ring (bicyclic) bond motifs is 1. The van der Waals surface area contributed by atoms with Gasteiger partial charge in [-0.2, -0.15) is 0 Å². The lowest BCUT2D eigenvalue weighted by atomic mass is 10.1. The van der Waals surface area contributed by atoms with Gasteiger partial charge in [-0.05, 0) is 85.5 Å². The minimum absolute atomic E-state index is 0.0465. The van der Waals surface area contributed by atoms with Crippen molar-refractivity contribution in [2.24, 2.45) is 0 Å². The van der Waals surface area contributed by atoms with Gasteiger partial charge in [0.2, 0.25) is 5.89 Å². The summed E-state index contributed by atoms with van der Waals surface area (Å²) in [4.78, 5) is 16.8. The van der Waals surface area contributed by atoms with Gasteiger partial charge in [-0.1, -0.05) is 19.1 Å². The number of aryl methyl sites for hydroxylation is 3. The van der Waals surface area contributed by atoms with Crippen molar-refractivity contribution < 1.29 is 13.9 Å². The predicted octanol–water partition coefficient (Wildman–Crippen LogP) is 5.69. The molecule has 0 aliphatic rings. The Kier molecular flexibility index (Phi) is 5.53. The van der Waals surface area contributed by atoms with Crippen LogP contribution < -0.4 is 10.1 Å². The van der Waals surface area contributed by atoms with E-state index in [4.69, 9.17) is 9.15 Å². The van der Waals surface area contributed by atoms with E-state index < -0.39 is 0 Å². The van der Waals surface area contributed by atoms with Gasteiger partial charge in [-0.15, -0.1) is 0 Å². The fourth-order valence-electron chi connectivity index (χ4n) is 3.16. The molecule has 0 atom stereocenters. The van der Waals surface area contributed by atoms with E-state index in [1.807, 2.05) is 68.4 Å². The van der Waals surface area contributed by atoms with Crippen LogP contribution in [-0.4, -0.2) is 17.5 Å². The van der Waals surface area contributed by atoms with Gasteiger partial charge in [0.05, 0.1) is 0 Å². The number of benzene rings is 3. The first-order chi connectivity index (χ1) is 14.5. The van der Waals surface area contributed by atoms with Crippen LogP contribution in [0.15, 0.2) is 65.1 Å². The lowest BCUT2D eigenvalue weighted by molar-refractivity contribution is -0.118. The minimum Gasteiger partial charge on any atom is -0.484 e. The van der Waals surface area contributed by atoms with Crippen molar-refractivity contribution in [2.45, 2.75) is 27.2 Å². The summed E-state index contributed by atoms with van der Waals surface area (Å²) in [5.74, 6) is 1.04. The number of oxazole rings is 1. The van der Waals surface area contributed by atoms with Gasteiger partial charge in [0.1, 0.15) is 11.3 Å². The molecule has 0 bridgehead atoms. The molecule has 152 valence electrons. The van der Waals surface area contributed by atoms with E-state index in [2.05, 4.69) is 23.3 Å². The number of hydrogen-bond acceptors (Lipinski definition) is 4. The molecule has 1 heterocycles. The van der Waals surface area contributed by atoms with Crippen LogP contribution in [0.2, 0.25) is 0 Å². The van der Waals surface area contributed by atoms with Crippen LogP contribution in [0, 0.1) is 13.8 Å². The molecular weight excluding hydrogens is 376 g/mol. The van der Waals surface area contributed by atoms with Crippen molar-refractivity contribution in [1.82, 2.24) is 4.98 Å². The Bertz CT molecular complexity index is 1190. The van der Waals surface area contributed by atoms with Crippen molar-refractivity contribution in [3.05, 3.63) is 77.4 Å². The maximum atomic E-state index is 12.2. The van der Waals surface area contributed by atoms with E-state index >= 15 is 0 Å². The first-order valence-electron chi connectivity index (χ1n) is 10.0. The molecule has 4 aromatic rings. The standard InChI is InChI=1S/C25H24N2O3/c1-4-18-6-12-23-22(14-18)27-25(30-23)19-7-9-20(10-8-19)26-24(28)15-29-21-11-5-16(2)17(3)13-21/h5-14H,4,15H2,1-3H3,(H,26,28). The highest BCUT2D eigenvalue weighted by Gasteiger charge is 2.10. The molecule has 1 aromatic heterocycles. The van der Waals surface area contributed by atoms with E-state index in [1.54, 1.807) is 0 Å². The van der Waals surface area contributed by atoms with Gasteiger partial charge in [0.15, 0.2) is 12.2 Å². The van der Waals surface area contributed by atoms with Crippen molar-refractivity contribution in [3.8, 4) is 17.2 Å². The summed E-state index contributed by atoms with van der Waals surface area (Å²) in [5, 5.41) is 2.84. The maximum Gasteiger partial charge on any atom is 0.262 e. The van der Waals surface area contributed by atoms with Crippen LogP contribution in [0.4, 0.5) is 5.69 Å². The SMILES string of the molecule is CCc1ccc2oc(-c3ccc(NC(=O)COc4ccc(C)c(C)c4)cc3)nc2c1. The topological polar surface area (TPSA) is 64.4 Å². The molecule has 0 spiro atoms. The largest absolute Gasteiger partial charge is 0.484 e. The number of carbonyl (C=O) groups is 1. The zero-order valence-electron chi connectivity index (χ0n) is 17.4. The van der Waals surface area contributed by atoms with E-state index in [0.717, 1.165) is 28.6 Å². The first-order valence-corrected chi connectivity index (χ1v) is 10.0. The van der Waals surface area contributed by atoms with Crippen LogP contribution in [0.3, 0.4) is 0 Å². The van der Waals surface area contributed by atoms with Crippen LogP contribution in [0.25, 0.3) is 22.6 Å². The highest BCUT2D eigenvalue weighted by molar-refractivity contribution is 5.92. The third kappa shape index (κ3) is 4.35. The molecule has 1 amide bonds. The number of aromatic nitrogens is 1. The molecule has 0 saturated heterocycles. The molecule has 4 rings (SSSR count). The Morgan fingerprint density at radius 3 is 2.53 bits per heavy atom. The molecule has 0 radical (unpaired) electrons. The van der Waals surface area contributed by atoms with E-state index in [0.29, 0.717) is 17.3 Å². The molecule has 1 N–H and O–H groups in total.